The van der Waals surface area contributed by atoms with Crippen molar-refractivity contribution in [3.8, 4) is 0 Å². The molecule has 0 bridgehead atoms. The molecule has 5 heteroatoms. The Balaban J connectivity index is 2.20. The van der Waals surface area contributed by atoms with Crippen LogP contribution in [0.3, 0.4) is 0 Å². The van der Waals surface area contributed by atoms with Gasteiger partial charge >= 0.3 is 0 Å². The molecule has 1 aromatic heterocycles. The van der Waals surface area contributed by atoms with Crippen LogP contribution < -0.4 is 5.73 Å². The highest BCUT2D eigenvalue weighted by molar-refractivity contribution is 7.09. The number of nitrogens with zero attached hydrogens (tertiary/aromatic N) is 1. The van der Waals surface area contributed by atoms with E-state index in [0.717, 1.165) is 12.1 Å². The molecule has 0 radical (unpaired) electrons. The lowest BCUT2D eigenvalue weighted by atomic mass is 10.3. The van der Waals surface area contributed by atoms with Gasteiger partial charge in [0.2, 0.25) is 5.91 Å². The first-order valence-electron chi connectivity index (χ1n) is 3.95. The molecule has 4 nitrogen and oxygen atoms in total. The van der Waals surface area contributed by atoms with Gasteiger partial charge in [0.05, 0.1) is 17.8 Å². The van der Waals surface area contributed by atoms with E-state index in [2.05, 4.69) is 4.98 Å². The van der Waals surface area contributed by atoms with Gasteiger partial charge in [0, 0.05) is 11.3 Å². The minimum Gasteiger partial charge on any atom is -0.371 e. The average Bonchev–Trinajstić information content (AvgIpc) is 2.45. The molecule has 1 heterocycles. The second-order valence-electron chi connectivity index (χ2n) is 2.63. The summed E-state index contributed by atoms with van der Waals surface area (Å²) in [6.45, 7) is 2.48. The van der Waals surface area contributed by atoms with E-state index in [1.807, 2.05) is 6.92 Å². The molecule has 1 aromatic rings. The molecule has 0 unspecified atom stereocenters. The molecule has 1 rings (SSSR count). The van der Waals surface area contributed by atoms with Gasteiger partial charge in [-0.05, 0) is 6.92 Å². The second-order valence-corrected chi connectivity index (χ2v) is 3.57. The molecule has 0 spiro atoms. The third-order valence-electron chi connectivity index (χ3n) is 1.56. The highest BCUT2D eigenvalue weighted by Gasteiger charge is 2.01. The Bertz CT molecular complexity index is 285. The molecular formula is C8H12N2O2S. The van der Waals surface area contributed by atoms with E-state index in [4.69, 9.17) is 10.5 Å². The van der Waals surface area contributed by atoms with Gasteiger partial charge in [-0.1, -0.05) is 0 Å². The van der Waals surface area contributed by atoms with Crippen LogP contribution in [0.1, 0.15) is 10.6 Å². The molecule has 2 N–H and O–H groups in total. The first-order valence-corrected chi connectivity index (χ1v) is 4.83. The Morgan fingerprint density at radius 3 is 3.08 bits per heavy atom. The zero-order chi connectivity index (χ0) is 9.68. The summed E-state index contributed by atoms with van der Waals surface area (Å²) >= 11 is 1.60. The summed E-state index contributed by atoms with van der Waals surface area (Å²) in [6.07, 6.45) is 0.795. The molecule has 0 fully saturated rings. The highest BCUT2D eigenvalue weighted by atomic mass is 32.1. The van der Waals surface area contributed by atoms with Crippen molar-refractivity contribution < 1.29 is 9.53 Å². The van der Waals surface area contributed by atoms with Gasteiger partial charge in [0.15, 0.2) is 0 Å². The third kappa shape index (κ3) is 3.52. The van der Waals surface area contributed by atoms with Gasteiger partial charge in [-0.25, -0.2) is 4.98 Å². The van der Waals surface area contributed by atoms with Crippen molar-refractivity contribution >= 4 is 17.2 Å². The first kappa shape index (κ1) is 10.1. The maximum atomic E-state index is 10.3. The van der Waals surface area contributed by atoms with Crippen molar-refractivity contribution in [2.24, 2.45) is 5.73 Å². The fraction of sp³-hybridized carbons (Fsp3) is 0.500. The second kappa shape index (κ2) is 4.94. The quantitative estimate of drug-likeness (QED) is 0.704. The fourth-order valence-corrected chi connectivity index (χ4v) is 1.67. The summed E-state index contributed by atoms with van der Waals surface area (Å²) in [7, 11) is 0. The van der Waals surface area contributed by atoms with Gasteiger partial charge in [0.1, 0.15) is 6.61 Å². The molecule has 13 heavy (non-hydrogen) atoms. The van der Waals surface area contributed by atoms with Gasteiger partial charge < -0.3 is 10.5 Å². The van der Waals surface area contributed by atoms with E-state index >= 15 is 0 Å². The SMILES string of the molecule is Cc1ncsc1CCOCC(N)=O. The summed E-state index contributed by atoms with van der Waals surface area (Å²) in [5.74, 6) is -0.430. The molecule has 1 amide bonds. The normalized spacial score (nSPS) is 10.2. The van der Waals surface area contributed by atoms with E-state index in [0.29, 0.717) is 6.61 Å². The van der Waals surface area contributed by atoms with Crippen molar-refractivity contribution in [2.75, 3.05) is 13.2 Å². The lowest BCUT2D eigenvalue weighted by molar-refractivity contribution is -0.122. The first-order chi connectivity index (χ1) is 6.20. The molecule has 0 saturated carbocycles. The van der Waals surface area contributed by atoms with Crippen LogP contribution in [0.15, 0.2) is 5.51 Å². The molecule has 0 aromatic carbocycles. The average molecular weight is 200 g/mol. The number of aryl methyl sites for hydroxylation is 1. The summed E-state index contributed by atoms with van der Waals surface area (Å²) < 4.78 is 5.03. The number of amides is 1. The number of hydrogen-bond acceptors (Lipinski definition) is 4. The van der Waals surface area contributed by atoms with Crippen LogP contribution in [0.4, 0.5) is 0 Å². The number of ether oxygens (including phenoxy) is 1. The Kier molecular flexibility index (Phi) is 3.85. The molecule has 0 aliphatic heterocycles. The van der Waals surface area contributed by atoms with Crippen molar-refractivity contribution in [3.63, 3.8) is 0 Å². The maximum Gasteiger partial charge on any atom is 0.243 e. The van der Waals surface area contributed by atoms with Gasteiger partial charge in [0.25, 0.3) is 0 Å². The number of primary amides is 1. The van der Waals surface area contributed by atoms with Gasteiger partial charge in [-0.15, -0.1) is 11.3 Å². The van der Waals surface area contributed by atoms with E-state index in [1.165, 1.54) is 4.88 Å². The Hall–Kier alpha value is -0.940. The van der Waals surface area contributed by atoms with Crippen LogP contribution in [0, 0.1) is 6.92 Å². The Morgan fingerprint density at radius 1 is 1.77 bits per heavy atom. The Labute approximate surface area is 80.7 Å². The summed E-state index contributed by atoms with van der Waals surface area (Å²) in [6, 6.07) is 0. The minimum atomic E-state index is -0.430. The van der Waals surface area contributed by atoms with Crippen LogP contribution in [0.2, 0.25) is 0 Å². The van der Waals surface area contributed by atoms with Crippen molar-refractivity contribution in [3.05, 3.63) is 16.1 Å². The standard InChI is InChI=1S/C8H12N2O2S/c1-6-7(13-5-10-6)2-3-12-4-8(9)11/h5H,2-4H2,1H3,(H2,9,11). The predicted molar refractivity (Wildman–Crippen MR) is 50.6 cm³/mol. The minimum absolute atomic E-state index is 0.00213. The monoisotopic (exact) mass is 200 g/mol. The predicted octanol–water partition coefficient (Wildman–Crippen LogP) is 0.496. The zero-order valence-electron chi connectivity index (χ0n) is 7.45. The third-order valence-corrected chi connectivity index (χ3v) is 2.56. The Morgan fingerprint density at radius 2 is 2.54 bits per heavy atom. The molecule has 0 aliphatic carbocycles. The molecule has 0 saturated heterocycles. The maximum absolute atomic E-state index is 10.3. The van der Waals surface area contributed by atoms with E-state index < -0.39 is 5.91 Å². The summed E-state index contributed by atoms with van der Waals surface area (Å²) in [4.78, 5) is 15.6. The van der Waals surface area contributed by atoms with E-state index in [1.54, 1.807) is 16.8 Å². The molecule has 72 valence electrons. The lowest BCUT2D eigenvalue weighted by Crippen LogP contribution is -2.18. The van der Waals surface area contributed by atoms with E-state index in [9.17, 15) is 4.79 Å². The molecule has 0 aliphatic rings. The van der Waals surface area contributed by atoms with Crippen molar-refractivity contribution in [1.29, 1.82) is 0 Å². The van der Waals surface area contributed by atoms with Crippen molar-refractivity contribution in [2.45, 2.75) is 13.3 Å². The zero-order valence-corrected chi connectivity index (χ0v) is 8.26. The van der Waals surface area contributed by atoms with Crippen LogP contribution in [0.5, 0.6) is 0 Å². The number of thiazole rings is 1. The summed E-state index contributed by atoms with van der Waals surface area (Å²) in [5, 5.41) is 0. The number of carbonyl (C=O) groups is 1. The number of aromatic nitrogens is 1. The molecular weight excluding hydrogens is 188 g/mol. The number of carbonyl (C=O) groups excluding carboxylic acids is 1. The van der Waals surface area contributed by atoms with Gasteiger partial charge in [-0.3, -0.25) is 4.79 Å². The smallest absolute Gasteiger partial charge is 0.243 e. The molecule has 0 atom stereocenters. The number of nitrogens with two attached hydrogens (primary N) is 1. The van der Waals surface area contributed by atoms with Crippen LogP contribution in [-0.4, -0.2) is 24.1 Å². The largest absolute Gasteiger partial charge is 0.371 e. The highest BCUT2D eigenvalue weighted by Crippen LogP contribution is 2.12. The van der Waals surface area contributed by atoms with E-state index in [-0.39, 0.29) is 6.61 Å². The number of hydrogen-bond donors (Lipinski definition) is 1. The van der Waals surface area contributed by atoms with Gasteiger partial charge in [-0.2, -0.15) is 0 Å². The lowest BCUT2D eigenvalue weighted by Gasteiger charge is -1.99. The fourth-order valence-electron chi connectivity index (χ4n) is 0.904. The van der Waals surface area contributed by atoms with Crippen LogP contribution in [0.25, 0.3) is 0 Å². The topological polar surface area (TPSA) is 65.2 Å². The van der Waals surface area contributed by atoms with Crippen LogP contribution >= 0.6 is 11.3 Å². The summed E-state index contributed by atoms with van der Waals surface area (Å²) in [5.41, 5.74) is 7.75. The number of rotatable bonds is 5. The van der Waals surface area contributed by atoms with Crippen molar-refractivity contribution in [1.82, 2.24) is 4.98 Å². The van der Waals surface area contributed by atoms with Crippen LogP contribution in [-0.2, 0) is 16.0 Å².